The Morgan fingerprint density at radius 1 is 1.43 bits per heavy atom. The minimum absolute atomic E-state index is 0.0971. The molecule has 112 valence electrons. The summed E-state index contributed by atoms with van der Waals surface area (Å²) >= 11 is 1.81. The van der Waals surface area contributed by atoms with Crippen LogP contribution in [0.25, 0.3) is 10.8 Å². The molecule has 0 saturated heterocycles. The highest BCUT2D eigenvalue weighted by Gasteiger charge is 2.15. The second-order valence-electron chi connectivity index (χ2n) is 5.09. The van der Waals surface area contributed by atoms with Crippen molar-refractivity contribution in [3.63, 3.8) is 0 Å². The van der Waals surface area contributed by atoms with Crippen molar-refractivity contribution in [3.05, 3.63) is 40.2 Å². The van der Waals surface area contributed by atoms with Gasteiger partial charge < -0.3 is 5.32 Å². The lowest BCUT2D eigenvalue weighted by molar-refractivity contribution is -0.383. The first-order valence-electron chi connectivity index (χ1n) is 6.82. The summed E-state index contributed by atoms with van der Waals surface area (Å²) in [7, 11) is 0. The Morgan fingerprint density at radius 3 is 2.86 bits per heavy atom. The number of hydrogen-bond acceptors (Lipinski definition) is 5. The normalized spacial score (nSPS) is 12.3. The number of nitrogens with zero attached hydrogens (tertiary/aromatic N) is 2. The zero-order valence-corrected chi connectivity index (χ0v) is 13.2. The predicted octanol–water partition coefficient (Wildman–Crippen LogP) is 4.00. The van der Waals surface area contributed by atoms with Crippen LogP contribution in [0.5, 0.6) is 0 Å². The molecule has 2 aromatic rings. The first kappa shape index (κ1) is 15.6. The number of nitro groups is 1. The second kappa shape index (κ2) is 6.76. The van der Waals surface area contributed by atoms with Crippen molar-refractivity contribution in [1.82, 2.24) is 4.98 Å². The molecule has 1 N–H and O–H groups in total. The Labute approximate surface area is 128 Å². The molecular formula is C15H19N3O2S. The molecule has 0 spiro atoms. The number of thioether (sulfide) groups is 1. The number of aryl methyl sites for hydroxylation is 1. The quantitative estimate of drug-likeness (QED) is 0.645. The van der Waals surface area contributed by atoms with E-state index in [4.69, 9.17) is 0 Å². The molecule has 2 rings (SSSR count). The average Bonchev–Trinajstić information content (AvgIpc) is 2.45. The van der Waals surface area contributed by atoms with Gasteiger partial charge in [-0.25, -0.2) is 0 Å². The third-order valence-corrected chi connectivity index (χ3v) is 4.01. The van der Waals surface area contributed by atoms with E-state index in [1.807, 2.05) is 24.8 Å². The zero-order valence-electron chi connectivity index (χ0n) is 12.4. The van der Waals surface area contributed by atoms with Gasteiger partial charge in [-0.05, 0) is 44.4 Å². The molecule has 0 amide bonds. The number of nitro benzene ring substituents is 1. The lowest BCUT2D eigenvalue weighted by atomic mass is 10.1. The minimum atomic E-state index is -0.361. The Bertz CT molecular complexity index is 661. The summed E-state index contributed by atoms with van der Waals surface area (Å²) < 4.78 is 0. The molecular weight excluding hydrogens is 286 g/mol. The lowest BCUT2D eigenvalue weighted by Gasteiger charge is -2.16. The average molecular weight is 305 g/mol. The van der Waals surface area contributed by atoms with E-state index in [0.717, 1.165) is 28.9 Å². The van der Waals surface area contributed by atoms with Crippen molar-refractivity contribution >= 4 is 33.9 Å². The second-order valence-corrected chi connectivity index (χ2v) is 6.07. The van der Waals surface area contributed by atoms with Crippen molar-refractivity contribution in [1.29, 1.82) is 0 Å². The molecule has 1 aromatic carbocycles. The number of anilines is 1. The highest BCUT2D eigenvalue weighted by atomic mass is 32.2. The van der Waals surface area contributed by atoms with Crippen LogP contribution in [-0.4, -0.2) is 28.0 Å². The van der Waals surface area contributed by atoms with E-state index in [0.29, 0.717) is 11.4 Å². The maximum absolute atomic E-state index is 11.1. The van der Waals surface area contributed by atoms with Crippen LogP contribution in [0.2, 0.25) is 0 Å². The van der Waals surface area contributed by atoms with Crippen molar-refractivity contribution in [2.45, 2.75) is 26.3 Å². The van der Waals surface area contributed by atoms with Gasteiger partial charge >= 0.3 is 0 Å². The van der Waals surface area contributed by atoms with E-state index in [2.05, 4.69) is 23.5 Å². The molecule has 1 heterocycles. The summed E-state index contributed by atoms with van der Waals surface area (Å²) in [5.74, 6) is 1.08. The van der Waals surface area contributed by atoms with Crippen molar-refractivity contribution in [2.24, 2.45) is 0 Å². The van der Waals surface area contributed by atoms with Gasteiger partial charge in [-0.15, -0.1) is 0 Å². The smallest absolute Gasteiger partial charge is 0.278 e. The van der Waals surface area contributed by atoms with Gasteiger partial charge in [0, 0.05) is 35.1 Å². The monoisotopic (exact) mass is 305 g/mol. The highest BCUT2D eigenvalue weighted by molar-refractivity contribution is 7.98. The van der Waals surface area contributed by atoms with Crippen molar-refractivity contribution < 1.29 is 4.92 Å². The molecule has 0 radical (unpaired) electrons. The molecule has 6 heteroatoms. The largest absolute Gasteiger partial charge is 0.382 e. The fraction of sp³-hybridized carbons (Fsp3) is 0.400. The van der Waals surface area contributed by atoms with Crippen molar-refractivity contribution in [2.75, 3.05) is 17.3 Å². The topological polar surface area (TPSA) is 68.1 Å². The fourth-order valence-corrected chi connectivity index (χ4v) is 2.84. The van der Waals surface area contributed by atoms with E-state index in [-0.39, 0.29) is 10.6 Å². The first-order valence-corrected chi connectivity index (χ1v) is 8.21. The van der Waals surface area contributed by atoms with Gasteiger partial charge in [0.15, 0.2) is 0 Å². The van der Waals surface area contributed by atoms with Crippen LogP contribution < -0.4 is 5.32 Å². The number of benzene rings is 1. The van der Waals surface area contributed by atoms with Crippen LogP contribution >= 0.6 is 11.8 Å². The van der Waals surface area contributed by atoms with Gasteiger partial charge in [-0.1, -0.05) is 0 Å². The van der Waals surface area contributed by atoms with Gasteiger partial charge in [-0.3, -0.25) is 15.1 Å². The van der Waals surface area contributed by atoms with E-state index >= 15 is 0 Å². The van der Waals surface area contributed by atoms with Crippen LogP contribution in [0, 0.1) is 17.0 Å². The van der Waals surface area contributed by atoms with Gasteiger partial charge in [0.2, 0.25) is 0 Å². The van der Waals surface area contributed by atoms with E-state index in [1.165, 1.54) is 0 Å². The van der Waals surface area contributed by atoms with Crippen LogP contribution in [0.4, 0.5) is 11.4 Å². The number of aromatic nitrogens is 1. The lowest BCUT2D eigenvalue weighted by Crippen LogP contribution is -2.16. The van der Waals surface area contributed by atoms with Gasteiger partial charge in [0.25, 0.3) is 5.69 Å². The molecule has 0 aliphatic carbocycles. The summed E-state index contributed by atoms with van der Waals surface area (Å²) in [6.07, 6.45) is 4.72. The van der Waals surface area contributed by atoms with E-state index in [1.54, 1.807) is 18.3 Å². The molecule has 21 heavy (non-hydrogen) atoms. The molecule has 1 unspecified atom stereocenters. The zero-order chi connectivity index (χ0) is 15.4. The molecule has 0 bridgehead atoms. The minimum Gasteiger partial charge on any atom is -0.382 e. The third-order valence-electron chi connectivity index (χ3n) is 3.37. The highest BCUT2D eigenvalue weighted by Crippen LogP contribution is 2.32. The van der Waals surface area contributed by atoms with Crippen LogP contribution in [0.3, 0.4) is 0 Å². The standard InChI is InChI=1S/C15H19N3O2S/c1-10(6-7-21-3)17-14-4-5-15(18(19)20)13-9-16-11(2)8-12(13)14/h4-5,8-10,17H,6-7H2,1-3H3. The number of non-ortho nitro benzene ring substituents is 1. The van der Waals surface area contributed by atoms with Gasteiger partial charge in [-0.2, -0.15) is 11.8 Å². The molecule has 1 atom stereocenters. The summed E-state index contributed by atoms with van der Waals surface area (Å²) in [4.78, 5) is 15.0. The first-order chi connectivity index (χ1) is 10.0. The van der Waals surface area contributed by atoms with Crippen molar-refractivity contribution in [3.8, 4) is 0 Å². The van der Waals surface area contributed by atoms with Gasteiger partial charge in [0.05, 0.1) is 10.3 Å². The summed E-state index contributed by atoms with van der Waals surface area (Å²) in [5.41, 5.74) is 1.87. The maximum Gasteiger partial charge on any atom is 0.278 e. The number of nitrogens with one attached hydrogen (secondary N) is 1. The van der Waals surface area contributed by atoms with Crippen LogP contribution in [-0.2, 0) is 0 Å². The molecule has 0 fully saturated rings. The predicted molar refractivity (Wildman–Crippen MR) is 89.2 cm³/mol. The van der Waals surface area contributed by atoms with Crippen LogP contribution in [0.15, 0.2) is 24.4 Å². The van der Waals surface area contributed by atoms with E-state index in [9.17, 15) is 10.1 Å². The molecule has 1 aromatic heterocycles. The fourth-order valence-electron chi connectivity index (χ4n) is 2.25. The van der Waals surface area contributed by atoms with E-state index < -0.39 is 0 Å². The summed E-state index contributed by atoms with van der Waals surface area (Å²) in [6, 6.07) is 5.54. The SMILES string of the molecule is CSCCC(C)Nc1ccc([N+](=O)[O-])c2cnc(C)cc12. The molecule has 0 aliphatic rings. The Balaban J connectivity index is 2.42. The molecule has 0 aliphatic heterocycles. The van der Waals surface area contributed by atoms with Crippen LogP contribution in [0.1, 0.15) is 19.0 Å². The van der Waals surface area contributed by atoms with Gasteiger partial charge in [0.1, 0.15) is 0 Å². The number of rotatable bonds is 6. The Morgan fingerprint density at radius 2 is 2.19 bits per heavy atom. The maximum atomic E-state index is 11.1. The molecule has 0 saturated carbocycles. The number of hydrogen-bond donors (Lipinski definition) is 1. The third kappa shape index (κ3) is 3.64. The Kier molecular flexibility index (Phi) is 5.01. The summed E-state index contributed by atoms with van der Waals surface area (Å²) in [6.45, 7) is 4.01. The number of fused-ring (bicyclic) bond motifs is 1. The summed E-state index contributed by atoms with van der Waals surface area (Å²) in [5, 5.41) is 16.0. The Hall–Kier alpha value is -1.82. The molecule has 5 nitrogen and oxygen atoms in total. The number of pyridine rings is 1.